The van der Waals surface area contributed by atoms with Crippen molar-refractivity contribution in [1.82, 2.24) is 4.72 Å². The summed E-state index contributed by atoms with van der Waals surface area (Å²) in [6.45, 7) is -1.30. The Morgan fingerprint density at radius 3 is 2.25 bits per heavy atom. The SMILES string of the molecule is CS(=O)(=O)[N]CCOC(F)(F)F. The van der Waals surface area contributed by atoms with Gasteiger partial charge < -0.3 is 0 Å². The average Bonchev–Trinajstić information content (AvgIpc) is 1.76. The van der Waals surface area contributed by atoms with Crippen LogP contribution in [0.5, 0.6) is 0 Å². The molecule has 0 saturated heterocycles. The van der Waals surface area contributed by atoms with Crippen LogP contribution in [0.3, 0.4) is 0 Å². The van der Waals surface area contributed by atoms with Gasteiger partial charge in [0.2, 0.25) is 10.0 Å². The van der Waals surface area contributed by atoms with Crippen molar-refractivity contribution in [1.29, 1.82) is 0 Å². The van der Waals surface area contributed by atoms with E-state index in [0.717, 1.165) is 6.26 Å². The largest absolute Gasteiger partial charge is 0.522 e. The van der Waals surface area contributed by atoms with Gasteiger partial charge in [0.25, 0.3) is 0 Å². The predicted molar refractivity (Wildman–Crippen MR) is 33.9 cm³/mol. The smallest absolute Gasteiger partial charge is 0.290 e. The lowest BCUT2D eigenvalue weighted by atomic mass is 10.7. The van der Waals surface area contributed by atoms with Crippen molar-refractivity contribution in [3.8, 4) is 0 Å². The predicted octanol–water partition coefficient (Wildman–Crippen LogP) is 0.0868. The molecule has 0 aromatic rings. The maximum atomic E-state index is 11.3. The topological polar surface area (TPSA) is 57.5 Å². The number of ether oxygens (including phenoxy) is 1. The summed E-state index contributed by atoms with van der Waals surface area (Å²) in [5, 5.41) is 0. The Kier molecular flexibility index (Phi) is 3.94. The highest BCUT2D eigenvalue weighted by atomic mass is 32.2. The third-order valence-corrected chi connectivity index (χ3v) is 1.33. The maximum absolute atomic E-state index is 11.3. The van der Waals surface area contributed by atoms with Crippen molar-refractivity contribution in [2.24, 2.45) is 0 Å². The zero-order valence-electron chi connectivity index (χ0n) is 6.13. The van der Waals surface area contributed by atoms with E-state index in [1.807, 2.05) is 0 Å². The molecule has 0 aliphatic carbocycles. The molecule has 0 N–H and O–H groups in total. The van der Waals surface area contributed by atoms with E-state index in [1.165, 1.54) is 0 Å². The zero-order valence-corrected chi connectivity index (χ0v) is 6.94. The molecule has 0 aliphatic heterocycles. The summed E-state index contributed by atoms with van der Waals surface area (Å²) in [6, 6.07) is 0. The summed E-state index contributed by atoms with van der Waals surface area (Å²) in [5.41, 5.74) is 0. The third kappa shape index (κ3) is 9.66. The standard InChI is InChI=1S/C4H7F3NO3S/c1-12(9,10)8-2-3-11-4(5,6)7/h2-3H2,1H3. The minimum atomic E-state index is -4.73. The minimum absolute atomic E-state index is 0.516. The molecule has 73 valence electrons. The van der Waals surface area contributed by atoms with Gasteiger partial charge in [0.05, 0.1) is 19.4 Å². The van der Waals surface area contributed by atoms with Gasteiger partial charge in [-0.05, 0) is 0 Å². The molecule has 4 nitrogen and oxygen atoms in total. The zero-order chi connectivity index (χ0) is 9.83. The van der Waals surface area contributed by atoms with Gasteiger partial charge in [0.15, 0.2) is 0 Å². The highest BCUT2D eigenvalue weighted by Gasteiger charge is 2.28. The lowest BCUT2D eigenvalue weighted by molar-refractivity contribution is -0.323. The van der Waals surface area contributed by atoms with E-state index in [2.05, 4.69) is 9.46 Å². The number of sulfonamides is 1. The highest BCUT2D eigenvalue weighted by Crippen LogP contribution is 2.15. The van der Waals surface area contributed by atoms with E-state index in [4.69, 9.17) is 0 Å². The second-order valence-corrected chi connectivity index (χ2v) is 3.60. The molecule has 0 rings (SSSR count). The van der Waals surface area contributed by atoms with E-state index in [0.29, 0.717) is 0 Å². The molecular formula is C4H7F3NO3S. The molecule has 0 aliphatic rings. The molecule has 0 bridgehead atoms. The number of alkyl halides is 3. The van der Waals surface area contributed by atoms with Crippen molar-refractivity contribution in [3.63, 3.8) is 0 Å². The van der Waals surface area contributed by atoms with Gasteiger partial charge >= 0.3 is 6.36 Å². The normalized spacial score (nSPS) is 13.3. The fraction of sp³-hybridized carbons (Fsp3) is 1.00. The van der Waals surface area contributed by atoms with Crippen LogP contribution in [0.15, 0.2) is 0 Å². The Morgan fingerprint density at radius 1 is 1.42 bits per heavy atom. The first-order valence-corrected chi connectivity index (χ1v) is 4.65. The molecular weight excluding hydrogens is 199 g/mol. The molecule has 0 saturated carbocycles. The first kappa shape index (κ1) is 11.7. The van der Waals surface area contributed by atoms with Crippen LogP contribution < -0.4 is 4.72 Å². The Morgan fingerprint density at radius 2 is 1.92 bits per heavy atom. The number of hydrogen-bond donors (Lipinski definition) is 0. The van der Waals surface area contributed by atoms with Crippen LogP contribution in [0.1, 0.15) is 0 Å². The lowest BCUT2D eigenvalue weighted by Gasteiger charge is -2.05. The molecule has 0 fully saturated rings. The van der Waals surface area contributed by atoms with Crippen LogP contribution in [0, 0.1) is 0 Å². The number of rotatable bonds is 4. The molecule has 0 aromatic carbocycles. The highest BCUT2D eigenvalue weighted by molar-refractivity contribution is 7.88. The van der Waals surface area contributed by atoms with Crippen molar-refractivity contribution in [3.05, 3.63) is 0 Å². The molecule has 8 heteroatoms. The molecule has 1 radical (unpaired) electrons. The van der Waals surface area contributed by atoms with Crippen LogP contribution in [0.2, 0.25) is 0 Å². The minimum Gasteiger partial charge on any atom is -0.290 e. The molecule has 0 spiro atoms. The van der Waals surface area contributed by atoms with Crippen LogP contribution in [-0.2, 0) is 14.8 Å². The number of nitrogens with zero attached hydrogens (tertiary/aromatic N) is 1. The van der Waals surface area contributed by atoms with Gasteiger partial charge in [-0.15, -0.1) is 17.9 Å². The van der Waals surface area contributed by atoms with E-state index in [9.17, 15) is 21.6 Å². The molecule has 0 aromatic heterocycles. The van der Waals surface area contributed by atoms with Gasteiger partial charge in [0, 0.05) is 0 Å². The summed E-state index contributed by atoms with van der Waals surface area (Å²) < 4.78 is 60.5. The van der Waals surface area contributed by atoms with Crippen LogP contribution in [-0.4, -0.2) is 34.2 Å². The van der Waals surface area contributed by atoms with Crippen LogP contribution in [0.4, 0.5) is 13.2 Å². The first-order valence-electron chi connectivity index (χ1n) is 2.80. The molecule has 0 heterocycles. The van der Waals surface area contributed by atoms with Gasteiger partial charge in [-0.25, -0.2) is 8.42 Å². The van der Waals surface area contributed by atoms with Gasteiger partial charge in [-0.1, -0.05) is 0 Å². The Labute approximate surface area is 67.8 Å². The van der Waals surface area contributed by atoms with Crippen molar-refractivity contribution in [2.45, 2.75) is 6.36 Å². The second-order valence-electron chi connectivity index (χ2n) is 1.88. The molecule has 12 heavy (non-hydrogen) atoms. The Balaban J connectivity index is 3.48. The van der Waals surface area contributed by atoms with Crippen LogP contribution in [0.25, 0.3) is 0 Å². The fourth-order valence-corrected chi connectivity index (χ4v) is 0.771. The maximum Gasteiger partial charge on any atom is 0.522 e. The summed E-state index contributed by atoms with van der Waals surface area (Å²) in [5.74, 6) is 0. The van der Waals surface area contributed by atoms with Gasteiger partial charge in [-0.3, -0.25) is 4.74 Å². The molecule has 0 unspecified atom stereocenters. The molecule has 0 amide bonds. The fourth-order valence-electron chi connectivity index (χ4n) is 0.364. The summed E-state index contributed by atoms with van der Waals surface area (Å²) in [6.07, 6.45) is -3.94. The van der Waals surface area contributed by atoms with Gasteiger partial charge in [0.1, 0.15) is 0 Å². The average molecular weight is 206 g/mol. The van der Waals surface area contributed by atoms with E-state index >= 15 is 0 Å². The molecule has 0 atom stereocenters. The second kappa shape index (κ2) is 4.06. The summed E-state index contributed by atoms with van der Waals surface area (Å²) >= 11 is 0. The number of halogens is 3. The van der Waals surface area contributed by atoms with E-state index in [-0.39, 0.29) is 0 Å². The lowest BCUT2D eigenvalue weighted by Crippen LogP contribution is -2.23. The van der Waals surface area contributed by atoms with E-state index in [1.54, 1.807) is 0 Å². The van der Waals surface area contributed by atoms with Gasteiger partial charge in [-0.2, -0.15) is 0 Å². The third-order valence-electron chi connectivity index (χ3n) is 0.683. The monoisotopic (exact) mass is 206 g/mol. The quantitative estimate of drug-likeness (QED) is 0.612. The first-order chi connectivity index (χ1) is 5.21. The van der Waals surface area contributed by atoms with Crippen molar-refractivity contribution in [2.75, 3.05) is 19.4 Å². The Bertz CT molecular complexity index is 222. The Hall–Kier alpha value is -0.340. The number of hydrogen-bond acceptors (Lipinski definition) is 3. The van der Waals surface area contributed by atoms with E-state index < -0.39 is 29.5 Å². The van der Waals surface area contributed by atoms with Crippen molar-refractivity contribution < 1.29 is 26.3 Å². The van der Waals surface area contributed by atoms with Crippen molar-refractivity contribution >= 4 is 10.0 Å². The summed E-state index contributed by atoms with van der Waals surface area (Å²) in [4.78, 5) is 0. The summed E-state index contributed by atoms with van der Waals surface area (Å²) in [7, 11) is -3.56. The van der Waals surface area contributed by atoms with Crippen LogP contribution >= 0.6 is 0 Å².